The Morgan fingerprint density at radius 1 is 0.514 bits per heavy atom. The van der Waals surface area contributed by atoms with E-state index in [0.29, 0.717) is 23.7 Å². The van der Waals surface area contributed by atoms with Crippen LogP contribution in [0.5, 0.6) is 0 Å². The SMILES string of the molecule is CC(C)C(P)(C=CC1CCCCC1)C(C)C.CC(C)C(P)(C=CC1CCCCC1)C(C)C.[Cl-].[Cl-].[Ni+2]. The third-order valence-electron chi connectivity index (χ3n) is 8.61. The van der Waals surface area contributed by atoms with Gasteiger partial charge in [0, 0.05) is 10.3 Å². The molecule has 2 atom stereocenters. The molecule has 2 aliphatic rings. The third-order valence-corrected chi connectivity index (χ3v) is 11.7. The first-order valence-corrected chi connectivity index (χ1v) is 15.0. The number of hydrogen-bond donors (Lipinski definition) is 0. The molecular formula is C30H58Cl2NiP2. The maximum Gasteiger partial charge on any atom is 2.00 e. The van der Waals surface area contributed by atoms with Crippen molar-refractivity contribution in [3.05, 3.63) is 24.3 Å². The molecule has 0 saturated heterocycles. The predicted octanol–water partition coefficient (Wildman–Crippen LogP) is 4.10. The molecule has 0 N–H and O–H groups in total. The van der Waals surface area contributed by atoms with Gasteiger partial charge in [0.05, 0.1) is 0 Å². The smallest absolute Gasteiger partial charge is 1.00 e. The second-order valence-electron chi connectivity index (χ2n) is 12.1. The van der Waals surface area contributed by atoms with Crippen LogP contribution in [0.4, 0.5) is 0 Å². The Morgan fingerprint density at radius 3 is 0.943 bits per heavy atom. The van der Waals surface area contributed by atoms with Crippen molar-refractivity contribution in [3.8, 4) is 0 Å². The van der Waals surface area contributed by atoms with Gasteiger partial charge in [-0.15, -0.1) is 18.5 Å². The van der Waals surface area contributed by atoms with Gasteiger partial charge in [0.2, 0.25) is 0 Å². The minimum atomic E-state index is 0. The Labute approximate surface area is 248 Å². The van der Waals surface area contributed by atoms with Gasteiger partial charge in [-0.05, 0) is 61.2 Å². The van der Waals surface area contributed by atoms with E-state index in [9.17, 15) is 0 Å². The molecule has 0 amide bonds. The zero-order valence-electron chi connectivity index (χ0n) is 24.1. The molecule has 0 aromatic carbocycles. The van der Waals surface area contributed by atoms with Crippen molar-refractivity contribution < 1.29 is 41.3 Å². The number of hydrogen-bond acceptors (Lipinski definition) is 0. The van der Waals surface area contributed by atoms with Crippen molar-refractivity contribution in [2.45, 2.75) is 130 Å². The fourth-order valence-electron chi connectivity index (χ4n) is 5.36. The number of halogens is 2. The van der Waals surface area contributed by atoms with Crippen molar-refractivity contribution in [1.29, 1.82) is 0 Å². The summed E-state index contributed by atoms with van der Waals surface area (Å²) in [4.78, 5) is 0. The van der Waals surface area contributed by atoms with Crippen molar-refractivity contribution in [2.24, 2.45) is 35.5 Å². The van der Waals surface area contributed by atoms with Crippen molar-refractivity contribution in [3.63, 3.8) is 0 Å². The molecule has 212 valence electrons. The monoisotopic (exact) mass is 608 g/mol. The van der Waals surface area contributed by atoms with E-state index in [2.05, 4.69) is 98.2 Å². The first kappa shape index (κ1) is 40.9. The van der Waals surface area contributed by atoms with E-state index < -0.39 is 0 Å². The van der Waals surface area contributed by atoms with Crippen LogP contribution in [0.25, 0.3) is 0 Å². The average Bonchev–Trinajstić information content (AvgIpc) is 2.77. The zero-order valence-corrected chi connectivity index (χ0v) is 28.9. The minimum absolute atomic E-state index is 0. The first-order chi connectivity index (χ1) is 14.9. The van der Waals surface area contributed by atoms with Gasteiger partial charge in [0.15, 0.2) is 0 Å². The molecule has 0 aromatic rings. The van der Waals surface area contributed by atoms with Gasteiger partial charge >= 0.3 is 16.5 Å². The maximum absolute atomic E-state index is 3.10. The quantitative estimate of drug-likeness (QED) is 0.221. The molecule has 2 rings (SSSR count). The van der Waals surface area contributed by atoms with Crippen LogP contribution in [0.2, 0.25) is 0 Å². The third kappa shape index (κ3) is 13.9. The predicted molar refractivity (Wildman–Crippen MR) is 156 cm³/mol. The molecular weight excluding hydrogens is 552 g/mol. The summed E-state index contributed by atoms with van der Waals surface area (Å²) in [6, 6.07) is 0. The summed E-state index contributed by atoms with van der Waals surface area (Å²) in [5.74, 6) is 4.47. The van der Waals surface area contributed by atoms with Gasteiger partial charge in [0.1, 0.15) is 0 Å². The van der Waals surface area contributed by atoms with E-state index in [-0.39, 0.29) is 51.6 Å². The van der Waals surface area contributed by atoms with Crippen LogP contribution in [0.1, 0.15) is 120 Å². The average molecular weight is 610 g/mol. The molecule has 0 spiro atoms. The molecule has 2 aliphatic carbocycles. The van der Waals surface area contributed by atoms with Crippen LogP contribution in [-0.2, 0) is 16.5 Å². The van der Waals surface area contributed by atoms with Crippen LogP contribution < -0.4 is 24.8 Å². The second kappa shape index (κ2) is 20.3. The van der Waals surface area contributed by atoms with Crippen molar-refractivity contribution >= 4 is 18.5 Å². The van der Waals surface area contributed by atoms with Gasteiger partial charge < -0.3 is 24.8 Å². The molecule has 0 aromatic heterocycles. The molecule has 0 nitrogen and oxygen atoms in total. The number of rotatable bonds is 8. The van der Waals surface area contributed by atoms with Crippen LogP contribution in [0.15, 0.2) is 24.3 Å². The van der Waals surface area contributed by atoms with Gasteiger partial charge in [-0.2, -0.15) is 0 Å². The summed E-state index contributed by atoms with van der Waals surface area (Å²) < 4.78 is 0. The molecule has 2 fully saturated rings. The molecule has 2 saturated carbocycles. The molecule has 35 heavy (non-hydrogen) atoms. The standard InChI is InChI=1S/2C15H29P.2ClH.Ni/c2*1-12(2)15(16,13(3)4)11-10-14-8-6-5-7-9-14;;;/h2*10-14H,5-9,16H2,1-4H3;2*1H;/q;;;;+2/p-2. The summed E-state index contributed by atoms with van der Waals surface area (Å²) >= 11 is 0. The summed E-state index contributed by atoms with van der Waals surface area (Å²) in [5.41, 5.74) is 0. The van der Waals surface area contributed by atoms with E-state index in [1.54, 1.807) is 0 Å². The molecule has 0 heterocycles. The molecule has 5 heteroatoms. The maximum atomic E-state index is 3.10. The van der Waals surface area contributed by atoms with Crippen molar-refractivity contribution in [1.82, 2.24) is 0 Å². The first-order valence-electron chi connectivity index (χ1n) is 13.9. The van der Waals surface area contributed by atoms with Crippen LogP contribution in [0, 0.1) is 35.5 Å². The summed E-state index contributed by atoms with van der Waals surface area (Å²) in [5, 5.41) is 0.578. The van der Waals surface area contributed by atoms with Gasteiger partial charge in [-0.25, -0.2) is 0 Å². The Hall–Kier alpha value is 1.41. The van der Waals surface area contributed by atoms with Gasteiger partial charge in [-0.1, -0.05) is 118 Å². The Bertz CT molecular complexity index is 495. The topological polar surface area (TPSA) is 0 Å². The van der Waals surface area contributed by atoms with E-state index in [1.807, 2.05) is 0 Å². The van der Waals surface area contributed by atoms with E-state index >= 15 is 0 Å². The molecule has 2 unspecified atom stereocenters. The van der Waals surface area contributed by atoms with Gasteiger partial charge in [0.25, 0.3) is 0 Å². The Balaban J connectivity index is -0.000000539. The fraction of sp³-hybridized carbons (Fsp3) is 0.867. The zero-order chi connectivity index (χ0) is 24.4. The summed E-state index contributed by atoms with van der Waals surface area (Å²) in [7, 11) is 6.20. The molecule has 0 radical (unpaired) electrons. The fourth-order valence-corrected chi connectivity index (χ4v) is 5.58. The van der Waals surface area contributed by atoms with E-state index in [0.717, 1.165) is 11.8 Å². The second-order valence-corrected chi connectivity index (χ2v) is 14.1. The van der Waals surface area contributed by atoms with E-state index in [1.165, 1.54) is 64.2 Å². The normalized spacial score (nSPS) is 18.5. The molecule has 0 aliphatic heterocycles. The largest absolute Gasteiger partial charge is 2.00 e. The summed E-state index contributed by atoms with van der Waals surface area (Å²) in [6.07, 6.45) is 24.3. The van der Waals surface area contributed by atoms with Gasteiger partial charge in [-0.3, -0.25) is 0 Å². The van der Waals surface area contributed by atoms with Crippen LogP contribution in [0.3, 0.4) is 0 Å². The minimum Gasteiger partial charge on any atom is -1.00 e. The number of allylic oxidation sites excluding steroid dienone is 4. The Morgan fingerprint density at radius 2 is 0.743 bits per heavy atom. The Kier molecular flexibility index (Phi) is 23.8. The summed E-state index contributed by atoms with van der Waals surface area (Å²) in [6.45, 7) is 18.7. The van der Waals surface area contributed by atoms with E-state index in [4.69, 9.17) is 0 Å². The molecule has 0 bridgehead atoms. The van der Waals surface area contributed by atoms with Crippen molar-refractivity contribution in [2.75, 3.05) is 0 Å². The van der Waals surface area contributed by atoms with Crippen LogP contribution >= 0.6 is 18.5 Å². The van der Waals surface area contributed by atoms with Crippen LogP contribution in [-0.4, -0.2) is 10.3 Å².